The predicted octanol–water partition coefficient (Wildman–Crippen LogP) is 5.27. The number of fused-ring (bicyclic) bond motifs is 1. The lowest BCUT2D eigenvalue weighted by Crippen LogP contribution is -2.44. The monoisotopic (exact) mass is 622 g/mol. The Labute approximate surface area is 265 Å². The van der Waals surface area contributed by atoms with Gasteiger partial charge in [0, 0.05) is 56.7 Å². The second kappa shape index (κ2) is 11.8. The van der Waals surface area contributed by atoms with Gasteiger partial charge in [0.1, 0.15) is 11.5 Å². The van der Waals surface area contributed by atoms with Crippen molar-refractivity contribution in [3.8, 4) is 16.8 Å². The summed E-state index contributed by atoms with van der Waals surface area (Å²) in [7, 11) is 3.81. The van der Waals surface area contributed by atoms with Gasteiger partial charge in [-0.05, 0) is 78.7 Å². The molecule has 10 heteroatoms. The normalized spacial score (nSPS) is 15.5. The van der Waals surface area contributed by atoms with Gasteiger partial charge in [-0.15, -0.1) is 0 Å². The molecule has 4 heterocycles. The van der Waals surface area contributed by atoms with Crippen LogP contribution in [-0.4, -0.2) is 57.4 Å². The number of rotatable bonds is 7. The summed E-state index contributed by atoms with van der Waals surface area (Å²) in [5, 5.41) is 15.5. The maximum Gasteiger partial charge on any atom is 0.274 e. The summed E-state index contributed by atoms with van der Waals surface area (Å²) < 4.78 is 3.04. The summed E-state index contributed by atoms with van der Waals surface area (Å²) in [6, 6.07) is 17.0. The van der Waals surface area contributed by atoms with Crippen molar-refractivity contribution >= 4 is 39.6 Å². The van der Waals surface area contributed by atoms with E-state index in [1.165, 1.54) is 14.7 Å². The highest BCUT2D eigenvalue weighted by atomic mass is 35.5. The number of nitrogens with one attached hydrogen (secondary N) is 1. The molecule has 45 heavy (non-hydrogen) atoms. The van der Waals surface area contributed by atoms with Gasteiger partial charge in [-0.25, -0.2) is 4.98 Å². The Bertz CT molecular complexity index is 2030. The second-order valence-corrected chi connectivity index (χ2v) is 12.5. The zero-order valence-corrected chi connectivity index (χ0v) is 26.1. The third kappa shape index (κ3) is 5.63. The summed E-state index contributed by atoms with van der Waals surface area (Å²) in [5.41, 5.74) is 4.63. The molecule has 5 aromatic rings. The fourth-order valence-corrected chi connectivity index (χ4v) is 6.54. The molecule has 1 aliphatic carbocycles. The Morgan fingerprint density at radius 1 is 0.978 bits per heavy atom. The van der Waals surface area contributed by atoms with Crippen molar-refractivity contribution in [2.24, 2.45) is 7.05 Å². The molecule has 0 radical (unpaired) electrons. The molecule has 0 bridgehead atoms. The van der Waals surface area contributed by atoms with Gasteiger partial charge >= 0.3 is 0 Å². The standard InChI is InChI=1S/C35H35ClN6O3/c1-39-12-14-41(15-13-39)26-8-9-32(37-19-26)38-30-18-25(20-40(2)34(30)44)27-4-3-5-31(28(27)21-43)42-11-10-23-16-24(22-6-7-22)17-29(36)33(23)35(42)45/h3-5,8-11,16-20,22,43H,6-7,12-15,21H2,1-2H3,(H,37,38). The highest BCUT2D eigenvalue weighted by Crippen LogP contribution is 2.42. The molecule has 230 valence electrons. The van der Waals surface area contributed by atoms with E-state index < -0.39 is 0 Å². The molecule has 0 atom stereocenters. The van der Waals surface area contributed by atoms with Crippen LogP contribution in [0.15, 0.2) is 82.8 Å². The lowest BCUT2D eigenvalue weighted by molar-refractivity contribution is 0.282. The summed E-state index contributed by atoms with van der Waals surface area (Å²) in [6.07, 6.45) is 7.59. The van der Waals surface area contributed by atoms with E-state index in [4.69, 9.17) is 11.6 Å². The minimum absolute atomic E-state index is 0.212. The van der Waals surface area contributed by atoms with E-state index in [2.05, 4.69) is 33.2 Å². The van der Waals surface area contributed by atoms with Crippen molar-refractivity contribution < 1.29 is 5.11 Å². The van der Waals surface area contributed by atoms with Crippen molar-refractivity contribution in [2.45, 2.75) is 25.4 Å². The van der Waals surface area contributed by atoms with E-state index in [0.29, 0.717) is 50.2 Å². The Morgan fingerprint density at radius 3 is 2.49 bits per heavy atom. The highest BCUT2D eigenvalue weighted by Gasteiger charge is 2.25. The van der Waals surface area contributed by atoms with Crippen LogP contribution in [0, 0.1) is 0 Å². The number of halogens is 1. The second-order valence-electron chi connectivity index (χ2n) is 12.1. The van der Waals surface area contributed by atoms with E-state index in [1.54, 1.807) is 25.5 Å². The highest BCUT2D eigenvalue weighted by molar-refractivity contribution is 6.35. The molecule has 1 saturated heterocycles. The number of aryl methyl sites for hydroxylation is 1. The third-order valence-electron chi connectivity index (χ3n) is 8.97. The first-order chi connectivity index (χ1) is 21.8. The molecule has 2 N–H and O–H groups in total. The van der Waals surface area contributed by atoms with Crippen LogP contribution in [-0.2, 0) is 13.7 Å². The average molecular weight is 623 g/mol. The SMILES string of the molecule is CN1CCN(c2ccc(Nc3cc(-c4cccc(-n5ccc6cc(C7CC7)cc(Cl)c6c5=O)c4CO)cn(C)c3=O)nc2)CC1. The van der Waals surface area contributed by atoms with Crippen molar-refractivity contribution in [3.63, 3.8) is 0 Å². The van der Waals surface area contributed by atoms with Gasteiger partial charge in [-0.3, -0.25) is 14.2 Å². The lowest BCUT2D eigenvalue weighted by atomic mass is 9.98. The Balaban J connectivity index is 1.23. The van der Waals surface area contributed by atoms with Crippen molar-refractivity contribution in [2.75, 3.05) is 43.4 Å². The number of piperazine rings is 1. The summed E-state index contributed by atoms with van der Waals surface area (Å²) in [4.78, 5) is 36.2. The van der Waals surface area contributed by atoms with Gasteiger partial charge < -0.3 is 24.8 Å². The number of benzene rings is 2. The van der Waals surface area contributed by atoms with Gasteiger partial charge in [0.2, 0.25) is 0 Å². The molecule has 1 saturated carbocycles. The zero-order chi connectivity index (χ0) is 31.2. The fraction of sp³-hybridized carbons (Fsp3) is 0.286. The van der Waals surface area contributed by atoms with Crippen molar-refractivity contribution in [1.82, 2.24) is 19.0 Å². The van der Waals surface area contributed by atoms with Crippen LogP contribution in [0.1, 0.15) is 29.9 Å². The number of aliphatic hydroxyl groups excluding tert-OH is 1. The third-order valence-corrected chi connectivity index (χ3v) is 9.27. The molecule has 7 rings (SSSR count). The van der Waals surface area contributed by atoms with Crippen LogP contribution in [0.4, 0.5) is 17.2 Å². The van der Waals surface area contributed by atoms with E-state index in [0.717, 1.165) is 50.1 Å². The minimum Gasteiger partial charge on any atom is -0.392 e. The van der Waals surface area contributed by atoms with Crippen LogP contribution in [0.25, 0.3) is 27.6 Å². The lowest BCUT2D eigenvalue weighted by Gasteiger charge is -2.33. The molecular formula is C35H35ClN6O3. The first-order valence-electron chi connectivity index (χ1n) is 15.3. The van der Waals surface area contributed by atoms with Gasteiger partial charge in [0.05, 0.1) is 34.6 Å². The predicted molar refractivity (Wildman–Crippen MR) is 180 cm³/mol. The maximum atomic E-state index is 13.8. The largest absolute Gasteiger partial charge is 0.392 e. The summed E-state index contributed by atoms with van der Waals surface area (Å²) in [6.45, 7) is 3.58. The molecule has 2 fully saturated rings. The number of aromatic nitrogens is 3. The van der Waals surface area contributed by atoms with E-state index in [9.17, 15) is 14.7 Å². The number of pyridine rings is 3. The number of anilines is 3. The number of aliphatic hydroxyl groups is 1. The fourth-order valence-electron chi connectivity index (χ4n) is 6.23. The zero-order valence-electron chi connectivity index (χ0n) is 25.3. The van der Waals surface area contributed by atoms with Gasteiger partial charge in [0.25, 0.3) is 11.1 Å². The smallest absolute Gasteiger partial charge is 0.274 e. The number of nitrogens with zero attached hydrogens (tertiary/aromatic N) is 5. The minimum atomic E-state index is -0.314. The van der Waals surface area contributed by atoms with Gasteiger partial charge in [-0.1, -0.05) is 29.8 Å². The van der Waals surface area contributed by atoms with Gasteiger partial charge in [-0.2, -0.15) is 0 Å². The van der Waals surface area contributed by atoms with Crippen molar-refractivity contribution in [1.29, 1.82) is 0 Å². The molecule has 2 aromatic carbocycles. The number of likely N-dealkylation sites (N-methyl/N-ethyl adjacent to an activating group) is 1. The van der Waals surface area contributed by atoms with Gasteiger partial charge in [0.15, 0.2) is 0 Å². The Hall–Kier alpha value is -4.44. The summed E-state index contributed by atoms with van der Waals surface area (Å²) >= 11 is 6.66. The Kier molecular flexibility index (Phi) is 7.69. The number of hydrogen-bond acceptors (Lipinski definition) is 7. The first kappa shape index (κ1) is 29.3. The molecule has 0 spiro atoms. The van der Waals surface area contributed by atoms with Crippen LogP contribution >= 0.6 is 11.6 Å². The van der Waals surface area contributed by atoms with Crippen LogP contribution in [0.2, 0.25) is 5.02 Å². The maximum absolute atomic E-state index is 13.8. The molecule has 9 nitrogen and oxygen atoms in total. The van der Waals surface area contributed by atoms with Crippen molar-refractivity contribution in [3.05, 3.63) is 110 Å². The van der Waals surface area contributed by atoms with E-state index in [1.807, 2.05) is 48.7 Å². The molecule has 3 aromatic heterocycles. The molecule has 0 unspecified atom stereocenters. The van der Waals surface area contributed by atoms with Crippen LogP contribution in [0.3, 0.4) is 0 Å². The van der Waals surface area contributed by atoms with E-state index >= 15 is 0 Å². The molecule has 0 amide bonds. The number of hydrogen-bond donors (Lipinski definition) is 2. The summed E-state index contributed by atoms with van der Waals surface area (Å²) in [5.74, 6) is 1.08. The average Bonchev–Trinajstić information content (AvgIpc) is 3.89. The Morgan fingerprint density at radius 2 is 1.78 bits per heavy atom. The van der Waals surface area contributed by atoms with E-state index in [-0.39, 0.29) is 17.7 Å². The van der Waals surface area contributed by atoms with Crippen LogP contribution < -0.4 is 21.3 Å². The molecule has 2 aliphatic rings. The first-order valence-corrected chi connectivity index (χ1v) is 15.6. The van der Waals surface area contributed by atoms with Crippen LogP contribution in [0.5, 0.6) is 0 Å². The topological polar surface area (TPSA) is 95.6 Å². The quantitative estimate of drug-likeness (QED) is 0.255. The molecule has 1 aliphatic heterocycles. The molecular weight excluding hydrogens is 588 g/mol.